The summed E-state index contributed by atoms with van der Waals surface area (Å²) in [5.74, 6) is 0.594. The van der Waals surface area contributed by atoms with Gasteiger partial charge in [-0.25, -0.2) is 4.39 Å². The van der Waals surface area contributed by atoms with Crippen molar-refractivity contribution in [1.29, 1.82) is 0 Å². The van der Waals surface area contributed by atoms with Gasteiger partial charge in [-0.1, -0.05) is 0 Å². The number of fused-ring (bicyclic) bond motifs is 1. The highest BCUT2D eigenvalue weighted by atomic mass is 19.1. The van der Waals surface area contributed by atoms with Crippen molar-refractivity contribution in [3.63, 3.8) is 0 Å². The van der Waals surface area contributed by atoms with Gasteiger partial charge in [0.25, 0.3) is 0 Å². The first-order valence-electron chi connectivity index (χ1n) is 7.08. The molecule has 3 rings (SSSR count). The molecule has 0 aromatic heterocycles. The first-order valence-corrected chi connectivity index (χ1v) is 7.08. The fourth-order valence-corrected chi connectivity index (χ4v) is 2.51. The number of hydrogen-bond donors (Lipinski definition) is 1. The minimum atomic E-state index is -0.203. The maximum absolute atomic E-state index is 13.2. The fraction of sp³-hybridized carbons (Fsp3) is 0.294. The van der Waals surface area contributed by atoms with E-state index in [2.05, 4.69) is 34.5 Å². The summed E-state index contributed by atoms with van der Waals surface area (Å²) in [6.45, 7) is 0.706. The minimum absolute atomic E-state index is 0.0512. The van der Waals surface area contributed by atoms with E-state index in [4.69, 9.17) is 4.74 Å². The van der Waals surface area contributed by atoms with Gasteiger partial charge < -0.3 is 15.0 Å². The van der Waals surface area contributed by atoms with Crippen LogP contribution in [0.4, 0.5) is 15.8 Å². The molecule has 21 heavy (non-hydrogen) atoms. The fourth-order valence-electron chi connectivity index (χ4n) is 2.51. The third kappa shape index (κ3) is 3.10. The van der Waals surface area contributed by atoms with Gasteiger partial charge in [0, 0.05) is 37.5 Å². The van der Waals surface area contributed by atoms with E-state index in [1.54, 1.807) is 12.1 Å². The number of benzene rings is 2. The molecule has 1 unspecified atom stereocenters. The monoisotopic (exact) mass is 286 g/mol. The van der Waals surface area contributed by atoms with Crippen molar-refractivity contribution in [3.8, 4) is 5.75 Å². The molecule has 0 saturated heterocycles. The number of ether oxygens (including phenoxy) is 1. The molecule has 0 spiro atoms. The molecule has 1 aliphatic rings. The van der Waals surface area contributed by atoms with Gasteiger partial charge in [0.05, 0.1) is 6.54 Å². The van der Waals surface area contributed by atoms with Gasteiger partial charge in [-0.2, -0.15) is 0 Å². The zero-order valence-electron chi connectivity index (χ0n) is 12.3. The van der Waals surface area contributed by atoms with Crippen LogP contribution in [0.25, 0.3) is 0 Å². The van der Waals surface area contributed by atoms with Crippen molar-refractivity contribution in [2.75, 3.05) is 30.9 Å². The summed E-state index contributed by atoms with van der Waals surface area (Å²) < 4.78 is 19.0. The maximum Gasteiger partial charge on any atom is 0.123 e. The van der Waals surface area contributed by atoms with Gasteiger partial charge in [-0.3, -0.25) is 0 Å². The molecule has 110 valence electrons. The van der Waals surface area contributed by atoms with E-state index in [-0.39, 0.29) is 11.9 Å². The summed E-state index contributed by atoms with van der Waals surface area (Å²) >= 11 is 0. The molecule has 0 fully saturated rings. The van der Waals surface area contributed by atoms with Crippen LogP contribution in [0, 0.1) is 5.82 Å². The van der Waals surface area contributed by atoms with Gasteiger partial charge in [-0.05, 0) is 42.5 Å². The number of halogens is 1. The van der Waals surface area contributed by atoms with Crippen LogP contribution in [-0.2, 0) is 6.42 Å². The lowest BCUT2D eigenvalue weighted by molar-refractivity contribution is 0.246. The topological polar surface area (TPSA) is 24.5 Å². The Morgan fingerprint density at radius 2 is 1.95 bits per heavy atom. The molecule has 0 amide bonds. The van der Waals surface area contributed by atoms with Gasteiger partial charge in [0.15, 0.2) is 0 Å². The predicted octanol–water partition coefficient (Wildman–Crippen LogP) is 3.31. The Hall–Kier alpha value is -2.23. The highest BCUT2D eigenvalue weighted by Crippen LogP contribution is 2.29. The molecule has 1 heterocycles. The van der Waals surface area contributed by atoms with Crippen molar-refractivity contribution in [3.05, 3.63) is 53.8 Å². The number of anilines is 2. The van der Waals surface area contributed by atoms with Crippen LogP contribution < -0.4 is 15.0 Å². The Balaban J connectivity index is 1.57. The number of rotatable bonds is 4. The third-order valence-corrected chi connectivity index (χ3v) is 3.68. The molecule has 2 aromatic rings. The summed E-state index contributed by atoms with van der Waals surface area (Å²) in [6.07, 6.45) is 0.797. The van der Waals surface area contributed by atoms with E-state index in [9.17, 15) is 4.39 Å². The number of nitrogens with zero attached hydrogens (tertiary/aromatic N) is 1. The summed E-state index contributed by atoms with van der Waals surface area (Å²) in [6, 6.07) is 12.9. The van der Waals surface area contributed by atoms with Crippen LogP contribution in [-0.4, -0.2) is 26.7 Å². The molecule has 0 aliphatic carbocycles. The lowest BCUT2D eigenvalue weighted by Crippen LogP contribution is -2.23. The molecule has 0 bridgehead atoms. The Labute approximate surface area is 124 Å². The smallest absolute Gasteiger partial charge is 0.123 e. The van der Waals surface area contributed by atoms with E-state index in [1.807, 2.05) is 14.1 Å². The summed E-state index contributed by atoms with van der Waals surface area (Å²) in [5.41, 5.74) is 3.18. The third-order valence-electron chi connectivity index (χ3n) is 3.68. The lowest BCUT2D eigenvalue weighted by Gasteiger charge is -2.15. The second-order valence-electron chi connectivity index (χ2n) is 5.52. The Morgan fingerprint density at radius 1 is 1.19 bits per heavy atom. The Kier molecular flexibility index (Phi) is 3.69. The number of nitrogens with one attached hydrogen (secondary N) is 1. The van der Waals surface area contributed by atoms with Crippen LogP contribution in [0.1, 0.15) is 5.56 Å². The molecule has 0 saturated carbocycles. The second kappa shape index (κ2) is 5.64. The molecule has 3 nitrogen and oxygen atoms in total. The lowest BCUT2D eigenvalue weighted by atomic mass is 10.1. The zero-order chi connectivity index (χ0) is 14.8. The van der Waals surface area contributed by atoms with Crippen LogP contribution in [0.3, 0.4) is 0 Å². The second-order valence-corrected chi connectivity index (χ2v) is 5.52. The van der Waals surface area contributed by atoms with Crippen LogP contribution in [0.2, 0.25) is 0 Å². The quantitative estimate of drug-likeness (QED) is 0.933. The minimum Gasteiger partial charge on any atom is -0.488 e. The average molecular weight is 286 g/mol. The average Bonchev–Trinajstić information content (AvgIpc) is 2.87. The highest BCUT2D eigenvalue weighted by Gasteiger charge is 2.22. The van der Waals surface area contributed by atoms with Crippen molar-refractivity contribution in [2.45, 2.75) is 12.5 Å². The Morgan fingerprint density at radius 3 is 2.67 bits per heavy atom. The van der Waals surface area contributed by atoms with Crippen LogP contribution in [0.5, 0.6) is 5.75 Å². The van der Waals surface area contributed by atoms with Gasteiger partial charge in [0.1, 0.15) is 17.7 Å². The van der Waals surface area contributed by atoms with Gasteiger partial charge in [-0.15, -0.1) is 0 Å². The first kappa shape index (κ1) is 13.7. The van der Waals surface area contributed by atoms with E-state index >= 15 is 0 Å². The molecule has 1 N–H and O–H groups in total. The van der Waals surface area contributed by atoms with Crippen molar-refractivity contribution >= 4 is 11.4 Å². The summed E-state index contributed by atoms with van der Waals surface area (Å²) in [7, 11) is 4.04. The van der Waals surface area contributed by atoms with E-state index in [1.165, 1.54) is 11.8 Å². The van der Waals surface area contributed by atoms with Crippen molar-refractivity contribution < 1.29 is 9.13 Å². The maximum atomic E-state index is 13.2. The van der Waals surface area contributed by atoms with Crippen LogP contribution in [0.15, 0.2) is 42.5 Å². The standard InChI is InChI=1S/C17H19FN2O/c1-20(2)15-6-4-14(5-7-15)19-11-16-10-12-9-13(18)3-8-17(12)21-16/h3-9,16,19H,10-11H2,1-2H3. The first-order chi connectivity index (χ1) is 10.1. The van der Waals surface area contributed by atoms with Gasteiger partial charge in [0.2, 0.25) is 0 Å². The molecular weight excluding hydrogens is 267 g/mol. The SMILES string of the molecule is CN(C)c1ccc(NCC2Cc3cc(F)ccc3O2)cc1. The molecule has 0 radical (unpaired) electrons. The molecule has 1 aliphatic heterocycles. The van der Waals surface area contributed by atoms with Crippen molar-refractivity contribution in [2.24, 2.45) is 0 Å². The molecule has 2 aromatic carbocycles. The van der Waals surface area contributed by atoms with Crippen molar-refractivity contribution in [1.82, 2.24) is 0 Å². The van der Waals surface area contributed by atoms with E-state index in [0.717, 1.165) is 23.4 Å². The summed E-state index contributed by atoms with van der Waals surface area (Å²) in [4.78, 5) is 2.06. The zero-order valence-corrected chi connectivity index (χ0v) is 12.3. The normalized spacial score (nSPS) is 16.2. The molecule has 1 atom stereocenters. The number of hydrogen-bond acceptors (Lipinski definition) is 3. The predicted molar refractivity (Wildman–Crippen MR) is 83.8 cm³/mol. The highest BCUT2D eigenvalue weighted by molar-refractivity contribution is 5.54. The van der Waals surface area contributed by atoms with Crippen LogP contribution >= 0.6 is 0 Å². The van der Waals surface area contributed by atoms with Gasteiger partial charge >= 0.3 is 0 Å². The largest absolute Gasteiger partial charge is 0.488 e. The molecular formula is C17H19FN2O. The van der Waals surface area contributed by atoms with E-state index < -0.39 is 0 Å². The van der Waals surface area contributed by atoms with E-state index in [0.29, 0.717) is 6.54 Å². The Bertz CT molecular complexity index is 625. The summed E-state index contributed by atoms with van der Waals surface area (Å²) in [5, 5.41) is 3.36. The molecule has 4 heteroatoms.